The van der Waals surface area contributed by atoms with Gasteiger partial charge in [0, 0.05) is 30.4 Å². The molecule has 1 aliphatic carbocycles. The minimum absolute atomic E-state index is 0.0506. The van der Waals surface area contributed by atoms with Crippen LogP contribution in [0.3, 0.4) is 0 Å². The number of benzene rings is 3. The van der Waals surface area contributed by atoms with E-state index in [0.29, 0.717) is 37.2 Å². The van der Waals surface area contributed by atoms with Gasteiger partial charge < -0.3 is 15.0 Å². The van der Waals surface area contributed by atoms with Crippen molar-refractivity contribution in [2.75, 3.05) is 13.1 Å². The summed E-state index contributed by atoms with van der Waals surface area (Å²) in [5.41, 5.74) is 5.69. The monoisotopic (exact) mass is 529 g/mol. The molecule has 4 aromatic rings. The van der Waals surface area contributed by atoms with Gasteiger partial charge in [0.05, 0.1) is 11.1 Å². The molecule has 2 heterocycles. The molecule has 1 aromatic heterocycles. The van der Waals surface area contributed by atoms with E-state index in [9.17, 15) is 14.4 Å². The smallest absolute Gasteiger partial charge is 0.252 e. The summed E-state index contributed by atoms with van der Waals surface area (Å²) in [5.74, 6) is -0.321. The maximum Gasteiger partial charge on any atom is 0.252 e. The molecule has 0 radical (unpaired) electrons. The summed E-state index contributed by atoms with van der Waals surface area (Å²) in [5, 5.41) is 2.95. The molecule has 1 unspecified atom stereocenters. The average Bonchev–Trinajstić information content (AvgIpc) is 3.50. The molecule has 6 heteroatoms. The first-order chi connectivity index (χ1) is 19.6. The van der Waals surface area contributed by atoms with Crippen LogP contribution in [0.5, 0.6) is 0 Å². The minimum Gasteiger partial charge on any atom is -0.341 e. The van der Waals surface area contributed by atoms with Gasteiger partial charge in [0.1, 0.15) is 12.3 Å². The van der Waals surface area contributed by atoms with Gasteiger partial charge in [-0.3, -0.25) is 14.6 Å². The zero-order chi connectivity index (χ0) is 27.5. The molecule has 6 nitrogen and oxygen atoms in total. The van der Waals surface area contributed by atoms with Crippen LogP contribution >= 0.6 is 0 Å². The first kappa shape index (κ1) is 25.7. The topological polar surface area (TPSA) is 79.4 Å². The molecule has 2 amide bonds. The third-order valence-corrected chi connectivity index (χ3v) is 8.27. The number of nitrogens with zero attached hydrogens (tertiary/aromatic N) is 2. The van der Waals surface area contributed by atoms with Gasteiger partial charge in [-0.05, 0) is 59.7 Å². The number of likely N-dealkylation sites (tertiary alicyclic amines) is 1. The molecule has 1 atom stereocenters. The highest BCUT2D eigenvalue weighted by molar-refractivity contribution is 6.02. The lowest BCUT2D eigenvalue weighted by molar-refractivity contribution is -0.129. The van der Waals surface area contributed by atoms with Crippen molar-refractivity contribution >= 4 is 18.1 Å². The van der Waals surface area contributed by atoms with Crippen molar-refractivity contribution in [3.8, 4) is 22.4 Å². The molecule has 1 fully saturated rings. The number of aromatic nitrogens is 1. The maximum absolute atomic E-state index is 13.2. The second kappa shape index (κ2) is 10.9. The zero-order valence-corrected chi connectivity index (χ0v) is 22.3. The molecule has 0 saturated carbocycles. The van der Waals surface area contributed by atoms with Crippen molar-refractivity contribution in [3.63, 3.8) is 0 Å². The van der Waals surface area contributed by atoms with Gasteiger partial charge >= 0.3 is 0 Å². The molecule has 0 spiro atoms. The van der Waals surface area contributed by atoms with E-state index in [4.69, 9.17) is 0 Å². The fourth-order valence-electron chi connectivity index (χ4n) is 6.28. The van der Waals surface area contributed by atoms with Crippen molar-refractivity contribution in [3.05, 3.63) is 114 Å². The molecule has 1 saturated heterocycles. The van der Waals surface area contributed by atoms with Gasteiger partial charge in [0.25, 0.3) is 5.91 Å². The van der Waals surface area contributed by atoms with E-state index < -0.39 is 11.5 Å². The Kier molecular flexibility index (Phi) is 6.99. The van der Waals surface area contributed by atoms with Crippen molar-refractivity contribution in [2.45, 2.75) is 37.1 Å². The molecule has 1 N–H and O–H groups in total. The van der Waals surface area contributed by atoms with Gasteiger partial charge in [0.2, 0.25) is 5.91 Å². The van der Waals surface area contributed by atoms with E-state index >= 15 is 0 Å². The molecule has 40 heavy (non-hydrogen) atoms. The van der Waals surface area contributed by atoms with Crippen LogP contribution in [-0.2, 0) is 15.0 Å². The number of aldehydes is 1. The van der Waals surface area contributed by atoms with Gasteiger partial charge in [0.15, 0.2) is 0 Å². The number of unbranched alkanes of at least 4 members (excludes halogenated alkanes) is 1. The molecule has 6 rings (SSSR count). The number of hydrogen-bond donors (Lipinski definition) is 1. The maximum atomic E-state index is 13.2. The number of carbonyl (C=O) groups is 3. The number of nitrogens with one attached hydrogen (secondary N) is 1. The molecule has 2 aliphatic rings. The second-order valence-corrected chi connectivity index (χ2v) is 10.5. The first-order valence-electron chi connectivity index (χ1n) is 13.9. The summed E-state index contributed by atoms with van der Waals surface area (Å²) in [6.45, 7) is 1.21. The summed E-state index contributed by atoms with van der Waals surface area (Å²) >= 11 is 0. The summed E-state index contributed by atoms with van der Waals surface area (Å²) in [4.78, 5) is 45.2. The molecular formula is C34H31N3O3. The Bertz CT molecular complexity index is 1520. The SMILES string of the molecule is O=CC1(CCCCN2CCC(NC(=O)c3ccccc3-c3ccccn3)C2=O)c2ccccc2-c2ccccc21. The van der Waals surface area contributed by atoms with Crippen LogP contribution in [0.2, 0.25) is 0 Å². The summed E-state index contributed by atoms with van der Waals surface area (Å²) in [7, 11) is 0. The van der Waals surface area contributed by atoms with E-state index in [0.717, 1.165) is 46.9 Å². The van der Waals surface area contributed by atoms with Crippen LogP contribution in [0.25, 0.3) is 22.4 Å². The Morgan fingerprint density at radius 1 is 0.875 bits per heavy atom. The largest absolute Gasteiger partial charge is 0.341 e. The molecular weight excluding hydrogens is 498 g/mol. The van der Waals surface area contributed by atoms with Crippen molar-refractivity contribution < 1.29 is 14.4 Å². The molecule has 0 bridgehead atoms. The van der Waals surface area contributed by atoms with Gasteiger partial charge in [-0.25, -0.2) is 0 Å². The number of pyridine rings is 1. The lowest BCUT2D eigenvalue weighted by Crippen LogP contribution is -2.41. The summed E-state index contributed by atoms with van der Waals surface area (Å²) < 4.78 is 0. The highest BCUT2D eigenvalue weighted by Gasteiger charge is 2.42. The normalized spacial score (nSPS) is 16.9. The van der Waals surface area contributed by atoms with Crippen LogP contribution in [0, 0.1) is 0 Å². The molecule has 200 valence electrons. The van der Waals surface area contributed by atoms with Crippen molar-refractivity contribution in [1.29, 1.82) is 0 Å². The standard InChI is InChI=1S/C34H31N3O3/c38-23-34(28-15-5-3-11-24(28)25-12-4-6-16-29(25)34)19-8-10-21-37-22-18-31(33(37)40)36-32(39)27-14-2-1-13-26(27)30-17-7-9-20-35-30/h1-7,9,11-17,20,23,31H,8,10,18-19,21-22H2,(H,36,39). The predicted molar refractivity (Wildman–Crippen MR) is 155 cm³/mol. The van der Waals surface area contributed by atoms with Gasteiger partial charge in [-0.2, -0.15) is 0 Å². The van der Waals surface area contributed by atoms with E-state index in [1.54, 1.807) is 12.3 Å². The molecule has 3 aromatic carbocycles. The Balaban J connectivity index is 1.08. The number of amides is 2. The zero-order valence-electron chi connectivity index (χ0n) is 22.3. The minimum atomic E-state index is -0.653. The Morgan fingerprint density at radius 2 is 1.52 bits per heavy atom. The predicted octanol–water partition coefficient (Wildman–Crippen LogP) is 5.42. The number of rotatable bonds is 9. The molecule has 1 aliphatic heterocycles. The first-order valence-corrected chi connectivity index (χ1v) is 13.9. The lowest BCUT2D eigenvalue weighted by Gasteiger charge is -2.26. The fourth-order valence-corrected chi connectivity index (χ4v) is 6.28. The van der Waals surface area contributed by atoms with Crippen molar-refractivity contribution in [2.24, 2.45) is 0 Å². The van der Waals surface area contributed by atoms with E-state index in [2.05, 4.69) is 34.6 Å². The highest BCUT2D eigenvalue weighted by atomic mass is 16.2. The fraction of sp³-hybridized carbons (Fsp3) is 0.235. The highest BCUT2D eigenvalue weighted by Crippen LogP contribution is 2.50. The van der Waals surface area contributed by atoms with Crippen LogP contribution in [0.15, 0.2) is 97.2 Å². The van der Waals surface area contributed by atoms with E-state index in [-0.39, 0.29) is 11.8 Å². The Labute approximate surface area is 234 Å². The number of hydrogen-bond acceptors (Lipinski definition) is 4. The second-order valence-electron chi connectivity index (χ2n) is 10.5. The van der Waals surface area contributed by atoms with Crippen LogP contribution < -0.4 is 5.32 Å². The lowest BCUT2D eigenvalue weighted by atomic mass is 9.75. The summed E-state index contributed by atoms with van der Waals surface area (Å²) in [6.07, 6.45) is 5.66. The Hall–Kier alpha value is -4.58. The number of carbonyl (C=O) groups excluding carboxylic acids is 3. The van der Waals surface area contributed by atoms with E-state index in [1.807, 2.05) is 65.6 Å². The quantitative estimate of drug-likeness (QED) is 0.232. The third-order valence-electron chi connectivity index (χ3n) is 8.27. The van der Waals surface area contributed by atoms with Crippen LogP contribution in [0.4, 0.5) is 0 Å². The summed E-state index contributed by atoms with van der Waals surface area (Å²) in [6, 6.07) is 28.7. The van der Waals surface area contributed by atoms with Gasteiger partial charge in [-0.1, -0.05) is 79.2 Å². The van der Waals surface area contributed by atoms with Crippen LogP contribution in [0.1, 0.15) is 47.2 Å². The van der Waals surface area contributed by atoms with Crippen molar-refractivity contribution in [1.82, 2.24) is 15.2 Å². The van der Waals surface area contributed by atoms with E-state index in [1.165, 1.54) is 0 Å². The van der Waals surface area contributed by atoms with Crippen LogP contribution in [-0.4, -0.2) is 47.1 Å². The average molecular weight is 530 g/mol. The van der Waals surface area contributed by atoms with Gasteiger partial charge in [-0.15, -0.1) is 0 Å². The Morgan fingerprint density at radius 3 is 2.20 bits per heavy atom. The number of fused-ring (bicyclic) bond motifs is 3. The third kappa shape index (κ3) is 4.49.